The molecular formula is C12H15BrN2O3. The van der Waals surface area contributed by atoms with E-state index in [2.05, 4.69) is 26.6 Å². The maximum absolute atomic E-state index is 11.9. The highest BCUT2D eigenvalue weighted by Crippen LogP contribution is 2.22. The van der Waals surface area contributed by atoms with Crippen LogP contribution in [0, 0.1) is 0 Å². The van der Waals surface area contributed by atoms with Gasteiger partial charge < -0.3 is 15.4 Å². The summed E-state index contributed by atoms with van der Waals surface area (Å²) in [5, 5.41) is 5.16. The molecule has 0 fully saturated rings. The Bertz CT molecular complexity index is 449. The van der Waals surface area contributed by atoms with E-state index in [0.717, 1.165) is 0 Å². The first kappa shape index (κ1) is 14.5. The Balaban J connectivity index is 2.63. The second-order valence-corrected chi connectivity index (χ2v) is 4.38. The maximum Gasteiger partial charge on any atom is 0.252 e. The molecule has 1 aromatic rings. The van der Waals surface area contributed by atoms with E-state index in [1.165, 1.54) is 7.11 Å². The quantitative estimate of drug-likeness (QED) is 0.861. The molecule has 0 saturated carbocycles. The van der Waals surface area contributed by atoms with Crippen molar-refractivity contribution < 1.29 is 14.3 Å². The highest BCUT2D eigenvalue weighted by Gasteiger charge is 2.11. The van der Waals surface area contributed by atoms with Crippen molar-refractivity contribution in [3.05, 3.63) is 28.2 Å². The van der Waals surface area contributed by atoms with Gasteiger partial charge in [-0.1, -0.05) is 0 Å². The van der Waals surface area contributed by atoms with Crippen LogP contribution in [-0.2, 0) is 4.79 Å². The van der Waals surface area contributed by atoms with E-state index in [1.807, 2.05) is 0 Å². The highest BCUT2D eigenvalue weighted by molar-refractivity contribution is 9.10. The van der Waals surface area contributed by atoms with Crippen molar-refractivity contribution in [3.8, 4) is 5.75 Å². The van der Waals surface area contributed by atoms with Gasteiger partial charge in [-0.15, -0.1) is 0 Å². The lowest BCUT2D eigenvalue weighted by atomic mass is 10.2. The summed E-state index contributed by atoms with van der Waals surface area (Å²) in [6.45, 7) is 0.294. The second-order valence-electron chi connectivity index (χ2n) is 3.52. The molecule has 0 unspecified atom stereocenters. The summed E-state index contributed by atoms with van der Waals surface area (Å²) in [4.78, 5) is 22.9. The number of hydrogen-bond acceptors (Lipinski definition) is 3. The zero-order valence-electron chi connectivity index (χ0n) is 10.2. The van der Waals surface area contributed by atoms with Crippen molar-refractivity contribution in [2.45, 2.75) is 6.42 Å². The minimum absolute atomic E-state index is 0.111. The van der Waals surface area contributed by atoms with E-state index < -0.39 is 0 Å². The number of carbonyl (C=O) groups is 2. The molecule has 2 N–H and O–H groups in total. The van der Waals surface area contributed by atoms with Crippen LogP contribution in [0.15, 0.2) is 22.7 Å². The number of carbonyl (C=O) groups excluding carboxylic acids is 2. The molecule has 0 spiro atoms. The van der Waals surface area contributed by atoms with Gasteiger partial charge in [-0.2, -0.15) is 0 Å². The van der Waals surface area contributed by atoms with E-state index in [1.54, 1.807) is 25.2 Å². The Morgan fingerprint density at radius 3 is 2.72 bits per heavy atom. The zero-order valence-corrected chi connectivity index (χ0v) is 11.8. The molecule has 6 heteroatoms. The van der Waals surface area contributed by atoms with E-state index in [9.17, 15) is 9.59 Å². The van der Waals surface area contributed by atoms with Gasteiger partial charge in [-0.05, 0) is 34.1 Å². The molecule has 18 heavy (non-hydrogen) atoms. The smallest absolute Gasteiger partial charge is 0.252 e. The summed E-state index contributed by atoms with van der Waals surface area (Å²) >= 11 is 3.30. The Morgan fingerprint density at radius 1 is 1.39 bits per heavy atom. The summed E-state index contributed by atoms with van der Waals surface area (Å²) < 4.78 is 5.74. The van der Waals surface area contributed by atoms with Gasteiger partial charge in [0.15, 0.2) is 0 Å². The van der Waals surface area contributed by atoms with Crippen LogP contribution in [0.3, 0.4) is 0 Å². The van der Waals surface area contributed by atoms with Gasteiger partial charge in [0.1, 0.15) is 5.75 Å². The normalized spacial score (nSPS) is 9.72. The molecule has 98 valence electrons. The molecule has 2 amide bonds. The minimum atomic E-state index is -0.246. The summed E-state index contributed by atoms with van der Waals surface area (Å²) in [5.41, 5.74) is 0.478. The fraction of sp³-hybridized carbons (Fsp3) is 0.333. The van der Waals surface area contributed by atoms with E-state index in [0.29, 0.717) is 22.3 Å². The largest absolute Gasteiger partial charge is 0.497 e. The third-order valence-corrected chi connectivity index (χ3v) is 3.03. The number of hydrogen-bond donors (Lipinski definition) is 2. The van der Waals surface area contributed by atoms with Gasteiger partial charge in [0.25, 0.3) is 5.91 Å². The van der Waals surface area contributed by atoms with Crippen LogP contribution in [0.4, 0.5) is 0 Å². The molecule has 0 aliphatic heterocycles. The van der Waals surface area contributed by atoms with Crippen LogP contribution in [-0.4, -0.2) is 32.5 Å². The maximum atomic E-state index is 11.9. The lowest BCUT2D eigenvalue weighted by Gasteiger charge is -2.08. The second kappa shape index (κ2) is 7.00. The molecule has 0 heterocycles. The molecule has 0 atom stereocenters. The first-order valence-electron chi connectivity index (χ1n) is 5.40. The summed E-state index contributed by atoms with van der Waals surface area (Å²) in [6, 6.07) is 5.14. The average molecular weight is 315 g/mol. The molecule has 0 aliphatic carbocycles. The number of halogens is 1. The van der Waals surface area contributed by atoms with Crippen LogP contribution in [0.1, 0.15) is 16.8 Å². The fourth-order valence-corrected chi connectivity index (χ4v) is 1.74. The van der Waals surface area contributed by atoms with Crippen molar-refractivity contribution in [1.29, 1.82) is 0 Å². The van der Waals surface area contributed by atoms with Crippen LogP contribution in [0.25, 0.3) is 0 Å². The summed E-state index contributed by atoms with van der Waals surface area (Å²) in [6.07, 6.45) is 0.254. The van der Waals surface area contributed by atoms with Crippen molar-refractivity contribution in [1.82, 2.24) is 10.6 Å². The molecule has 0 radical (unpaired) electrons. The minimum Gasteiger partial charge on any atom is -0.497 e. The molecular weight excluding hydrogens is 300 g/mol. The third kappa shape index (κ3) is 4.03. The highest BCUT2D eigenvalue weighted by atomic mass is 79.9. The van der Waals surface area contributed by atoms with E-state index in [4.69, 9.17) is 4.74 Å². The Kier molecular flexibility index (Phi) is 5.64. The Morgan fingerprint density at radius 2 is 2.11 bits per heavy atom. The van der Waals surface area contributed by atoms with E-state index >= 15 is 0 Å². The lowest BCUT2D eigenvalue weighted by molar-refractivity contribution is -0.120. The van der Waals surface area contributed by atoms with Crippen molar-refractivity contribution in [3.63, 3.8) is 0 Å². The number of methoxy groups -OCH3 is 1. The third-order valence-electron chi connectivity index (χ3n) is 2.33. The van der Waals surface area contributed by atoms with Crippen molar-refractivity contribution in [2.24, 2.45) is 0 Å². The average Bonchev–Trinajstić information content (AvgIpc) is 2.38. The molecule has 0 aromatic heterocycles. The van der Waals surface area contributed by atoms with Gasteiger partial charge in [-0.3, -0.25) is 9.59 Å². The van der Waals surface area contributed by atoms with Gasteiger partial charge in [0.05, 0.1) is 12.7 Å². The number of amides is 2. The predicted molar refractivity (Wildman–Crippen MR) is 71.7 cm³/mol. The molecule has 0 saturated heterocycles. The van der Waals surface area contributed by atoms with Crippen molar-refractivity contribution >= 4 is 27.7 Å². The Hall–Kier alpha value is -1.56. The topological polar surface area (TPSA) is 67.4 Å². The number of rotatable bonds is 5. The van der Waals surface area contributed by atoms with Crippen LogP contribution in [0.5, 0.6) is 5.75 Å². The number of nitrogens with one attached hydrogen (secondary N) is 2. The molecule has 1 aromatic carbocycles. The number of ether oxygens (including phenoxy) is 1. The van der Waals surface area contributed by atoms with Gasteiger partial charge in [0.2, 0.25) is 5.91 Å². The molecule has 0 aliphatic rings. The fourth-order valence-electron chi connectivity index (χ4n) is 1.32. The van der Waals surface area contributed by atoms with Crippen LogP contribution >= 0.6 is 15.9 Å². The SMILES string of the molecule is CNC(=O)CCNC(=O)c1cc(OC)ccc1Br. The first-order chi connectivity index (χ1) is 8.58. The Labute approximate surface area is 114 Å². The number of benzene rings is 1. The molecule has 5 nitrogen and oxygen atoms in total. The van der Waals surface area contributed by atoms with Gasteiger partial charge >= 0.3 is 0 Å². The lowest BCUT2D eigenvalue weighted by Crippen LogP contribution is -2.29. The van der Waals surface area contributed by atoms with E-state index in [-0.39, 0.29) is 18.2 Å². The monoisotopic (exact) mass is 314 g/mol. The first-order valence-corrected chi connectivity index (χ1v) is 6.20. The van der Waals surface area contributed by atoms with Crippen molar-refractivity contribution in [2.75, 3.05) is 20.7 Å². The van der Waals surface area contributed by atoms with Crippen LogP contribution < -0.4 is 15.4 Å². The molecule has 0 bridgehead atoms. The summed E-state index contributed by atoms with van der Waals surface area (Å²) in [5.74, 6) is 0.249. The standard InChI is InChI=1S/C12H15BrN2O3/c1-14-11(16)5-6-15-12(17)9-7-8(18-2)3-4-10(9)13/h3-4,7H,5-6H2,1-2H3,(H,14,16)(H,15,17). The molecule has 1 rings (SSSR count). The van der Waals surface area contributed by atoms with Gasteiger partial charge in [0, 0.05) is 24.5 Å². The van der Waals surface area contributed by atoms with Crippen LogP contribution in [0.2, 0.25) is 0 Å². The summed E-state index contributed by atoms with van der Waals surface area (Å²) in [7, 11) is 3.10. The zero-order chi connectivity index (χ0) is 13.5. The van der Waals surface area contributed by atoms with Gasteiger partial charge in [-0.25, -0.2) is 0 Å². The predicted octanol–water partition coefficient (Wildman–Crippen LogP) is 1.32.